The Bertz CT molecular complexity index is 470. The Morgan fingerprint density at radius 3 is 2.41 bits per heavy atom. The second kappa shape index (κ2) is 5.79. The second-order valence-electron chi connectivity index (χ2n) is 3.66. The third-order valence-electron chi connectivity index (χ3n) is 2.23. The molecule has 0 bridgehead atoms. The molecule has 0 saturated heterocycles. The standard InChI is InChI=1S/C11H15NO4S/c1-2-10(11(13)14)12-17(15,16)8-9-6-4-3-5-7-9/h3-7,10,12H,2,8H2,1H3,(H,13,14)/t10-/m1/s1. The molecule has 0 saturated carbocycles. The fourth-order valence-corrected chi connectivity index (χ4v) is 2.78. The number of sulfonamides is 1. The molecule has 1 aromatic carbocycles. The molecule has 0 radical (unpaired) electrons. The van der Waals surface area contributed by atoms with E-state index in [1.165, 1.54) is 0 Å². The predicted molar refractivity (Wildman–Crippen MR) is 63.9 cm³/mol. The van der Waals surface area contributed by atoms with Crippen LogP contribution >= 0.6 is 0 Å². The molecular formula is C11H15NO4S. The topological polar surface area (TPSA) is 83.5 Å². The zero-order valence-electron chi connectivity index (χ0n) is 9.46. The van der Waals surface area contributed by atoms with Gasteiger partial charge in [0.05, 0.1) is 5.75 Å². The van der Waals surface area contributed by atoms with Crippen molar-refractivity contribution in [1.82, 2.24) is 4.72 Å². The lowest BCUT2D eigenvalue weighted by Gasteiger charge is -2.12. The third-order valence-corrected chi connectivity index (χ3v) is 3.58. The largest absolute Gasteiger partial charge is 0.480 e. The van der Waals surface area contributed by atoms with Crippen molar-refractivity contribution in [3.05, 3.63) is 35.9 Å². The Balaban J connectivity index is 2.73. The first-order valence-corrected chi connectivity index (χ1v) is 6.86. The minimum atomic E-state index is -3.62. The van der Waals surface area contributed by atoms with E-state index in [9.17, 15) is 13.2 Å². The molecule has 0 aromatic heterocycles. The average molecular weight is 257 g/mol. The molecule has 0 amide bonds. The summed E-state index contributed by atoms with van der Waals surface area (Å²) in [6, 6.07) is 7.56. The predicted octanol–water partition coefficient (Wildman–Crippen LogP) is 0.969. The van der Waals surface area contributed by atoms with Crippen molar-refractivity contribution in [1.29, 1.82) is 0 Å². The van der Waals surface area contributed by atoms with Crippen LogP contribution in [0, 0.1) is 0 Å². The summed E-state index contributed by atoms with van der Waals surface area (Å²) in [6.45, 7) is 1.61. The Kier molecular flexibility index (Phi) is 4.65. The van der Waals surface area contributed by atoms with Crippen molar-refractivity contribution in [2.75, 3.05) is 0 Å². The highest BCUT2D eigenvalue weighted by Crippen LogP contribution is 2.05. The van der Waals surface area contributed by atoms with E-state index in [1.807, 2.05) is 0 Å². The van der Waals surface area contributed by atoms with Crippen LogP contribution in [-0.4, -0.2) is 25.5 Å². The van der Waals surface area contributed by atoms with Crippen molar-refractivity contribution >= 4 is 16.0 Å². The fraction of sp³-hybridized carbons (Fsp3) is 0.364. The number of hydrogen-bond acceptors (Lipinski definition) is 3. The smallest absolute Gasteiger partial charge is 0.321 e. The number of carboxylic acids is 1. The van der Waals surface area contributed by atoms with Crippen molar-refractivity contribution in [3.63, 3.8) is 0 Å². The first-order chi connectivity index (χ1) is 7.94. The van der Waals surface area contributed by atoms with Crippen LogP contribution in [0.25, 0.3) is 0 Å². The van der Waals surface area contributed by atoms with Crippen molar-refractivity contribution in [2.24, 2.45) is 0 Å². The molecule has 17 heavy (non-hydrogen) atoms. The van der Waals surface area contributed by atoms with Gasteiger partial charge in [-0.15, -0.1) is 0 Å². The molecule has 6 heteroatoms. The van der Waals surface area contributed by atoms with E-state index >= 15 is 0 Å². The molecule has 0 heterocycles. The molecule has 0 aliphatic heterocycles. The highest BCUT2D eigenvalue weighted by molar-refractivity contribution is 7.88. The minimum Gasteiger partial charge on any atom is -0.480 e. The van der Waals surface area contributed by atoms with E-state index in [2.05, 4.69) is 4.72 Å². The number of aliphatic carboxylic acids is 1. The Hall–Kier alpha value is -1.40. The number of nitrogens with one attached hydrogen (secondary N) is 1. The summed E-state index contributed by atoms with van der Waals surface area (Å²) >= 11 is 0. The van der Waals surface area contributed by atoms with E-state index in [4.69, 9.17) is 5.11 Å². The van der Waals surface area contributed by atoms with Gasteiger partial charge in [0.15, 0.2) is 0 Å². The quantitative estimate of drug-likeness (QED) is 0.795. The molecular weight excluding hydrogens is 242 g/mol. The lowest BCUT2D eigenvalue weighted by Crippen LogP contribution is -2.40. The lowest BCUT2D eigenvalue weighted by atomic mass is 10.2. The maximum atomic E-state index is 11.7. The third kappa shape index (κ3) is 4.54. The summed E-state index contributed by atoms with van der Waals surface area (Å²) in [5.74, 6) is -1.37. The van der Waals surface area contributed by atoms with Gasteiger partial charge in [-0.25, -0.2) is 13.1 Å². The number of benzene rings is 1. The van der Waals surface area contributed by atoms with Crippen LogP contribution in [0.5, 0.6) is 0 Å². The van der Waals surface area contributed by atoms with Crippen LogP contribution in [0.2, 0.25) is 0 Å². The maximum Gasteiger partial charge on any atom is 0.321 e. The number of carbonyl (C=O) groups is 1. The first-order valence-electron chi connectivity index (χ1n) is 5.21. The zero-order valence-corrected chi connectivity index (χ0v) is 10.3. The molecule has 0 unspecified atom stereocenters. The van der Waals surface area contributed by atoms with Gasteiger partial charge in [0.1, 0.15) is 6.04 Å². The summed E-state index contributed by atoms with van der Waals surface area (Å²) in [7, 11) is -3.62. The molecule has 2 N–H and O–H groups in total. The molecule has 5 nitrogen and oxygen atoms in total. The molecule has 0 aliphatic rings. The lowest BCUT2D eigenvalue weighted by molar-refractivity contribution is -0.139. The average Bonchev–Trinajstić information content (AvgIpc) is 2.26. The van der Waals surface area contributed by atoms with E-state index in [1.54, 1.807) is 37.3 Å². The first kappa shape index (κ1) is 13.7. The summed E-state index contributed by atoms with van der Waals surface area (Å²) in [4.78, 5) is 10.7. The Labute approximate surface area is 101 Å². The van der Waals surface area contributed by atoms with Gasteiger partial charge in [0, 0.05) is 0 Å². The van der Waals surface area contributed by atoms with Crippen molar-refractivity contribution in [3.8, 4) is 0 Å². The summed E-state index contributed by atoms with van der Waals surface area (Å²) in [5, 5.41) is 8.78. The van der Waals surface area contributed by atoms with Crippen molar-refractivity contribution in [2.45, 2.75) is 25.1 Å². The van der Waals surface area contributed by atoms with Gasteiger partial charge in [-0.05, 0) is 12.0 Å². The summed E-state index contributed by atoms with van der Waals surface area (Å²) in [5.41, 5.74) is 0.625. The van der Waals surface area contributed by atoms with Gasteiger partial charge < -0.3 is 5.11 Å². The molecule has 94 valence electrons. The molecule has 0 aliphatic carbocycles. The monoisotopic (exact) mass is 257 g/mol. The number of rotatable bonds is 6. The van der Waals surface area contributed by atoms with Crippen LogP contribution < -0.4 is 4.72 Å². The number of hydrogen-bond donors (Lipinski definition) is 2. The van der Waals surface area contributed by atoms with Gasteiger partial charge in [0.25, 0.3) is 0 Å². The number of carboxylic acid groups (broad SMARTS) is 1. The molecule has 0 spiro atoms. The van der Waals surface area contributed by atoms with Gasteiger partial charge in [-0.2, -0.15) is 0 Å². The highest BCUT2D eigenvalue weighted by Gasteiger charge is 2.22. The van der Waals surface area contributed by atoms with E-state index < -0.39 is 22.0 Å². The minimum absolute atomic E-state index is 0.211. The van der Waals surface area contributed by atoms with Crippen LogP contribution in [0.15, 0.2) is 30.3 Å². The van der Waals surface area contributed by atoms with Crippen LogP contribution in [0.3, 0.4) is 0 Å². The summed E-state index contributed by atoms with van der Waals surface area (Å²) in [6.07, 6.45) is 0.212. The fourth-order valence-electron chi connectivity index (χ4n) is 1.36. The van der Waals surface area contributed by atoms with E-state index in [0.717, 1.165) is 0 Å². The summed E-state index contributed by atoms with van der Waals surface area (Å²) < 4.78 is 25.6. The van der Waals surface area contributed by atoms with E-state index in [0.29, 0.717) is 5.56 Å². The van der Waals surface area contributed by atoms with Crippen LogP contribution in [-0.2, 0) is 20.6 Å². The van der Waals surface area contributed by atoms with Gasteiger partial charge in [-0.3, -0.25) is 4.79 Å². The SMILES string of the molecule is CC[C@@H](NS(=O)(=O)Cc1ccccc1)C(=O)O. The highest BCUT2D eigenvalue weighted by atomic mass is 32.2. The Morgan fingerprint density at radius 1 is 1.35 bits per heavy atom. The molecule has 1 rings (SSSR count). The van der Waals surface area contributed by atoms with Crippen molar-refractivity contribution < 1.29 is 18.3 Å². The van der Waals surface area contributed by atoms with Gasteiger partial charge in [0.2, 0.25) is 10.0 Å². The van der Waals surface area contributed by atoms with Crippen LogP contribution in [0.1, 0.15) is 18.9 Å². The van der Waals surface area contributed by atoms with Gasteiger partial charge >= 0.3 is 5.97 Å². The molecule has 1 atom stereocenters. The second-order valence-corrected chi connectivity index (χ2v) is 5.42. The molecule has 1 aromatic rings. The van der Waals surface area contributed by atoms with Crippen LogP contribution in [0.4, 0.5) is 0 Å². The normalized spacial score (nSPS) is 13.2. The van der Waals surface area contributed by atoms with E-state index in [-0.39, 0.29) is 12.2 Å². The zero-order chi connectivity index (χ0) is 12.9. The maximum absolute atomic E-state index is 11.7. The van der Waals surface area contributed by atoms with Gasteiger partial charge in [-0.1, -0.05) is 37.3 Å². The Morgan fingerprint density at radius 2 is 1.94 bits per heavy atom. The molecule has 0 fully saturated rings.